The second-order valence-electron chi connectivity index (χ2n) is 8.04. The lowest BCUT2D eigenvalue weighted by molar-refractivity contribution is -0.384. The van der Waals surface area contributed by atoms with Gasteiger partial charge in [0.05, 0.1) is 15.5 Å². The number of anilines is 1. The Morgan fingerprint density at radius 3 is 2.48 bits per heavy atom. The van der Waals surface area contributed by atoms with Gasteiger partial charge in [-0.2, -0.15) is 4.31 Å². The van der Waals surface area contributed by atoms with E-state index in [2.05, 4.69) is 0 Å². The highest BCUT2D eigenvalue weighted by Crippen LogP contribution is 2.35. The zero-order valence-corrected chi connectivity index (χ0v) is 18.9. The van der Waals surface area contributed by atoms with Crippen LogP contribution >= 0.6 is 11.6 Å². The summed E-state index contributed by atoms with van der Waals surface area (Å²) in [5.74, 6) is -2.32. The van der Waals surface area contributed by atoms with Crippen molar-refractivity contribution in [3.63, 3.8) is 0 Å². The zero-order chi connectivity index (χ0) is 23.9. The number of piperidine rings is 1. The van der Waals surface area contributed by atoms with Crippen molar-refractivity contribution < 1.29 is 26.9 Å². The first kappa shape index (κ1) is 23.5. The Morgan fingerprint density at radius 1 is 1.12 bits per heavy atom. The molecule has 2 aromatic carbocycles. The molecule has 1 fully saturated rings. The number of carbonyl (C=O) groups is 1. The van der Waals surface area contributed by atoms with E-state index in [1.165, 1.54) is 21.3 Å². The van der Waals surface area contributed by atoms with E-state index in [0.29, 0.717) is 24.9 Å². The second-order valence-corrected chi connectivity index (χ2v) is 10.4. The van der Waals surface area contributed by atoms with E-state index in [0.717, 1.165) is 18.2 Å². The number of nitro groups is 1. The number of nitro benzene ring substituents is 1. The van der Waals surface area contributed by atoms with Gasteiger partial charge in [-0.05, 0) is 49.4 Å². The smallest absolute Gasteiger partial charge is 0.289 e. The quantitative estimate of drug-likeness (QED) is 0.469. The molecule has 0 N–H and O–H groups in total. The average molecular weight is 500 g/mol. The molecule has 0 radical (unpaired) electrons. The molecule has 1 amide bonds. The molecule has 8 nitrogen and oxygen atoms in total. The molecule has 0 unspecified atom stereocenters. The van der Waals surface area contributed by atoms with Crippen LogP contribution in [0.2, 0.25) is 5.02 Å². The predicted molar refractivity (Wildman–Crippen MR) is 117 cm³/mol. The van der Waals surface area contributed by atoms with Gasteiger partial charge < -0.3 is 4.90 Å². The van der Waals surface area contributed by atoms with Crippen molar-refractivity contribution >= 4 is 38.9 Å². The summed E-state index contributed by atoms with van der Waals surface area (Å²) in [5.41, 5.74) is 0.0256. The van der Waals surface area contributed by atoms with E-state index < -0.39 is 38.2 Å². The van der Waals surface area contributed by atoms with E-state index in [1.54, 1.807) is 0 Å². The van der Waals surface area contributed by atoms with Gasteiger partial charge in [0.25, 0.3) is 5.69 Å². The molecule has 2 aromatic rings. The lowest BCUT2D eigenvalue weighted by Crippen LogP contribution is -2.46. The maximum absolute atomic E-state index is 14.5. The number of aryl methyl sites for hydroxylation is 1. The Kier molecular flexibility index (Phi) is 6.39. The van der Waals surface area contributed by atoms with Crippen LogP contribution in [0.3, 0.4) is 0 Å². The number of halogens is 3. The molecule has 176 valence electrons. The number of carbonyl (C=O) groups excluding carboxylic acids is 1. The first-order valence-corrected chi connectivity index (χ1v) is 12.1. The Morgan fingerprint density at radius 2 is 1.82 bits per heavy atom. The third-order valence-electron chi connectivity index (χ3n) is 6.03. The number of hydrogen-bond acceptors (Lipinski definition) is 5. The molecule has 0 atom stereocenters. The van der Waals surface area contributed by atoms with Gasteiger partial charge in [0.2, 0.25) is 15.9 Å². The Hall–Kier alpha value is -2.63. The normalized spacial score (nSPS) is 17.6. The molecular weight excluding hydrogens is 480 g/mol. The molecule has 0 bridgehead atoms. The predicted octanol–water partition coefficient (Wildman–Crippen LogP) is 3.91. The lowest BCUT2D eigenvalue weighted by Gasteiger charge is -2.36. The molecule has 0 aromatic heterocycles. The molecule has 2 heterocycles. The fourth-order valence-electron chi connectivity index (χ4n) is 4.38. The SMILES string of the molecule is O=C(C1CCN(S(=O)(=O)c2ccc(Cl)c([N+](=O)[O-])c2)CC1)N1CCCc2cc(F)cc(F)c21. The van der Waals surface area contributed by atoms with Crippen molar-refractivity contribution in [1.29, 1.82) is 0 Å². The summed E-state index contributed by atoms with van der Waals surface area (Å²) in [5, 5.41) is 10.9. The van der Waals surface area contributed by atoms with Crippen LogP contribution in [-0.2, 0) is 21.2 Å². The summed E-state index contributed by atoms with van der Waals surface area (Å²) in [6, 6.07) is 5.27. The minimum atomic E-state index is -4.03. The summed E-state index contributed by atoms with van der Waals surface area (Å²) >= 11 is 5.77. The Bertz CT molecular complexity index is 1230. The molecular formula is C21H20ClF2N3O5S. The van der Waals surface area contributed by atoms with Gasteiger partial charge in [0.1, 0.15) is 16.7 Å². The van der Waals surface area contributed by atoms with Gasteiger partial charge in [0, 0.05) is 37.7 Å². The number of amides is 1. The van der Waals surface area contributed by atoms with Crippen LogP contribution in [0, 0.1) is 27.7 Å². The highest BCUT2D eigenvalue weighted by atomic mass is 35.5. The maximum Gasteiger partial charge on any atom is 0.289 e. The molecule has 2 aliphatic heterocycles. The average Bonchev–Trinajstić information content (AvgIpc) is 2.78. The molecule has 0 saturated carbocycles. The number of benzene rings is 2. The van der Waals surface area contributed by atoms with Gasteiger partial charge >= 0.3 is 0 Å². The van der Waals surface area contributed by atoms with Gasteiger partial charge in [-0.1, -0.05) is 11.6 Å². The number of sulfonamides is 1. The number of nitrogens with zero attached hydrogens (tertiary/aromatic N) is 3. The molecule has 1 saturated heterocycles. The molecule has 12 heteroatoms. The second kappa shape index (κ2) is 8.96. The van der Waals surface area contributed by atoms with Crippen LogP contribution in [0.1, 0.15) is 24.8 Å². The highest BCUT2D eigenvalue weighted by Gasteiger charge is 2.36. The summed E-state index contributed by atoms with van der Waals surface area (Å²) in [6.45, 7) is 0.366. The van der Waals surface area contributed by atoms with E-state index in [9.17, 15) is 32.1 Å². The molecule has 0 aliphatic carbocycles. The zero-order valence-electron chi connectivity index (χ0n) is 17.3. The standard InChI is InChI=1S/C21H20ClF2N3O5S/c22-17-4-3-16(12-19(17)27(29)30)33(31,32)25-8-5-13(6-9-25)21(28)26-7-1-2-14-10-15(23)11-18(24)20(14)26/h3-4,10-13H,1-2,5-9H2. The summed E-state index contributed by atoms with van der Waals surface area (Å²) in [7, 11) is -4.03. The molecule has 0 spiro atoms. The Labute approximate surface area is 193 Å². The van der Waals surface area contributed by atoms with Crippen molar-refractivity contribution in [3.8, 4) is 0 Å². The maximum atomic E-state index is 14.5. The van der Waals surface area contributed by atoms with Crippen molar-refractivity contribution in [1.82, 2.24) is 4.31 Å². The third kappa shape index (κ3) is 4.44. The minimum absolute atomic E-state index is 0.0295. The van der Waals surface area contributed by atoms with Crippen molar-refractivity contribution in [3.05, 3.63) is 62.7 Å². The van der Waals surface area contributed by atoms with Gasteiger partial charge in [-0.15, -0.1) is 0 Å². The highest BCUT2D eigenvalue weighted by molar-refractivity contribution is 7.89. The Balaban J connectivity index is 1.49. The van der Waals surface area contributed by atoms with Crippen LogP contribution < -0.4 is 4.90 Å². The fraction of sp³-hybridized carbons (Fsp3) is 0.381. The van der Waals surface area contributed by atoms with Gasteiger partial charge in [-0.3, -0.25) is 14.9 Å². The van der Waals surface area contributed by atoms with Crippen LogP contribution in [-0.4, -0.2) is 43.2 Å². The summed E-state index contributed by atoms with van der Waals surface area (Å²) in [6.07, 6.45) is 1.46. The van der Waals surface area contributed by atoms with Crippen LogP contribution in [0.25, 0.3) is 0 Å². The lowest BCUT2D eigenvalue weighted by atomic mass is 9.93. The third-order valence-corrected chi connectivity index (χ3v) is 8.24. The first-order valence-electron chi connectivity index (χ1n) is 10.3. The molecule has 4 rings (SSSR count). The van der Waals surface area contributed by atoms with Crippen LogP contribution in [0.4, 0.5) is 20.2 Å². The molecule has 2 aliphatic rings. The number of fused-ring (bicyclic) bond motifs is 1. The van der Waals surface area contributed by atoms with Gasteiger partial charge in [0.15, 0.2) is 0 Å². The van der Waals surface area contributed by atoms with Gasteiger partial charge in [-0.25, -0.2) is 17.2 Å². The monoisotopic (exact) mass is 499 g/mol. The van der Waals surface area contributed by atoms with Crippen molar-refractivity contribution in [2.75, 3.05) is 24.5 Å². The fourth-order valence-corrected chi connectivity index (χ4v) is 6.05. The summed E-state index contributed by atoms with van der Waals surface area (Å²) in [4.78, 5) is 24.6. The van der Waals surface area contributed by atoms with E-state index in [-0.39, 0.29) is 47.4 Å². The minimum Gasteiger partial charge on any atom is -0.309 e. The summed E-state index contributed by atoms with van der Waals surface area (Å²) < 4.78 is 55.1. The van der Waals surface area contributed by atoms with Crippen LogP contribution in [0.5, 0.6) is 0 Å². The van der Waals surface area contributed by atoms with E-state index in [1.807, 2.05) is 0 Å². The largest absolute Gasteiger partial charge is 0.309 e. The van der Waals surface area contributed by atoms with Crippen molar-refractivity contribution in [2.45, 2.75) is 30.6 Å². The van der Waals surface area contributed by atoms with Crippen molar-refractivity contribution in [2.24, 2.45) is 5.92 Å². The first-order chi connectivity index (χ1) is 15.6. The van der Waals surface area contributed by atoms with E-state index >= 15 is 0 Å². The van der Waals surface area contributed by atoms with E-state index in [4.69, 9.17) is 11.6 Å². The molecule has 33 heavy (non-hydrogen) atoms. The van der Waals surface area contributed by atoms with Crippen LogP contribution in [0.15, 0.2) is 35.2 Å². The number of hydrogen-bond donors (Lipinski definition) is 0. The topological polar surface area (TPSA) is 101 Å². The number of rotatable bonds is 4.